The van der Waals surface area contributed by atoms with E-state index >= 15 is 0 Å². The molecule has 4 heterocycles. The molecular formula is C23H23N9O2. The lowest BCUT2D eigenvalue weighted by molar-refractivity contribution is 0.102. The molecule has 0 unspecified atom stereocenters. The number of rotatable bonds is 5. The van der Waals surface area contributed by atoms with E-state index in [1.165, 1.54) is 11.3 Å². The number of pyridine rings is 1. The summed E-state index contributed by atoms with van der Waals surface area (Å²) < 4.78 is 1.87. The van der Waals surface area contributed by atoms with E-state index in [1.807, 2.05) is 35.9 Å². The van der Waals surface area contributed by atoms with Gasteiger partial charge in [-0.25, -0.2) is 19.6 Å². The number of carbonyl (C=O) groups is 1. The van der Waals surface area contributed by atoms with Crippen molar-refractivity contribution in [2.75, 3.05) is 24.1 Å². The molecule has 3 aromatic heterocycles. The molecule has 3 N–H and O–H groups in total. The number of anilines is 2. The molecule has 0 spiro atoms. The van der Waals surface area contributed by atoms with Crippen LogP contribution in [0.15, 0.2) is 54.2 Å². The van der Waals surface area contributed by atoms with Crippen molar-refractivity contribution in [3.05, 3.63) is 65.0 Å². The van der Waals surface area contributed by atoms with E-state index in [9.17, 15) is 9.70 Å². The number of fused-ring (bicyclic) bond motifs is 1. The van der Waals surface area contributed by atoms with E-state index in [1.54, 1.807) is 18.3 Å². The maximum atomic E-state index is 12.7. The fraction of sp³-hybridized carbons (Fsp3) is 0.261. The Morgan fingerprint density at radius 3 is 2.59 bits per heavy atom. The van der Waals surface area contributed by atoms with Crippen molar-refractivity contribution in [2.45, 2.75) is 25.8 Å². The van der Waals surface area contributed by atoms with Crippen LogP contribution in [0.3, 0.4) is 0 Å². The lowest BCUT2D eigenvalue weighted by Crippen LogP contribution is -2.31. The molecule has 11 heteroatoms. The topological polar surface area (TPSA) is 144 Å². The highest BCUT2D eigenvalue weighted by Gasteiger charge is 2.26. The third-order valence-electron chi connectivity index (χ3n) is 6.00. The number of aromatic nitrogens is 5. The minimum atomic E-state index is -0.251. The van der Waals surface area contributed by atoms with Crippen LogP contribution >= 0.6 is 0 Å². The molecule has 0 bridgehead atoms. The monoisotopic (exact) mass is 457 g/mol. The first kappa shape index (κ1) is 21.4. The van der Waals surface area contributed by atoms with E-state index in [0.29, 0.717) is 47.0 Å². The normalized spacial score (nSPS) is 14.3. The number of nitrogen functional groups attached to an aromatic ring is 1. The second kappa shape index (κ2) is 8.85. The molecule has 1 fully saturated rings. The van der Waals surface area contributed by atoms with Crippen LogP contribution in [0, 0.1) is 11.8 Å². The molecule has 5 rings (SSSR count). The molecule has 1 saturated heterocycles. The zero-order chi connectivity index (χ0) is 23.7. The zero-order valence-corrected chi connectivity index (χ0v) is 18.5. The van der Waals surface area contributed by atoms with E-state index in [2.05, 4.69) is 25.6 Å². The van der Waals surface area contributed by atoms with Crippen LogP contribution in [-0.2, 0) is 0 Å². The Kier molecular flexibility index (Phi) is 5.58. The predicted molar refractivity (Wildman–Crippen MR) is 128 cm³/mol. The number of hydrogen-bond acceptors (Lipinski definition) is 8. The van der Waals surface area contributed by atoms with Crippen LogP contribution in [0.5, 0.6) is 0 Å². The van der Waals surface area contributed by atoms with Gasteiger partial charge in [-0.2, -0.15) is 5.10 Å². The average molecular weight is 457 g/mol. The molecule has 4 aromatic rings. The van der Waals surface area contributed by atoms with Gasteiger partial charge in [-0.3, -0.25) is 9.80 Å². The quantitative estimate of drug-likeness (QED) is 0.434. The minimum absolute atomic E-state index is 0.0652. The number of nitrogens with two attached hydrogens (primary N) is 1. The first-order chi connectivity index (χ1) is 16.5. The number of piperidine rings is 1. The molecule has 0 aliphatic carbocycles. The fourth-order valence-corrected chi connectivity index (χ4v) is 4.20. The van der Waals surface area contributed by atoms with Crippen LogP contribution < -0.4 is 11.1 Å². The second-order valence-electron chi connectivity index (χ2n) is 8.27. The summed E-state index contributed by atoms with van der Waals surface area (Å²) in [5, 5.41) is 12.9. The molecular weight excluding hydrogens is 434 g/mol. The van der Waals surface area contributed by atoms with Gasteiger partial charge in [0.2, 0.25) is 0 Å². The summed E-state index contributed by atoms with van der Waals surface area (Å²) in [4.78, 5) is 36.3. The lowest BCUT2D eigenvalue weighted by atomic mass is 10.1. The Balaban J connectivity index is 1.45. The Hall–Kier alpha value is -4.41. The van der Waals surface area contributed by atoms with Gasteiger partial charge < -0.3 is 11.1 Å². The Morgan fingerprint density at radius 2 is 1.88 bits per heavy atom. The zero-order valence-electron chi connectivity index (χ0n) is 18.5. The van der Waals surface area contributed by atoms with Gasteiger partial charge in [0.05, 0.1) is 16.7 Å². The standard InChI is InChI=1S/C23H23N9O2/c1-14-6-9-25-18(12-14)28-23(33)16-4-2-15(3-5-16)20-19-21(24)26-13-27-22(19)32(29-20)17-7-10-31(30-34)11-8-17/h2-6,9,12-13,17H,7-8,10-11H2,1H3,(H2,24,26,27)(H,25,28,33). The van der Waals surface area contributed by atoms with Crippen molar-refractivity contribution in [3.63, 3.8) is 0 Å². The summed E-state index contributed by atoms with van der Waals surface area (Å²) in [5.41, 5.74) is 9.81. The molecule has 1 amide bonds. The fourth-order valence-electron chi connectivity index (χ4n) is 4.20. The SMILES string of the molecule is Cc1ccnc(NC(=O)c2ccc(-c3nn(C4CCN(N=O)CC4)c4ncnc(N)c34)cc2)c1. The summed E-state index contributed by atoms with van der Waals surface area (Å²) in [6.07, 6.45) is 4.52. The third kappa shape index (κ3) is 4.03. The predicted octanol–water partition coefficient (Wildman–Crippen LogP) is 3.35. The maximum Gasteiger partial charge on any atom is 0.256 e. The number of nitroso groups, excluding NO2 is 1. The first-order valence-electron chi connectivity index (χ1n) is 10.9. The molecule has 1 aromatic carbocycles. The molecule has 0 radical (unpaired) electrons. The molecule has 1 aliphatic rings. The van der Waals surface area contributed by atoms with Crippen molar-refractivity contribution in [3.8, 4) is 11.3 Å². The summed E-state index contributed by atoms with van der Waals surface area (Å²) in [7, 11) is 0. The summed E-state index contributed by atoms with van der Waals surface area (Å²) in [5.74, 6) is 0.587. The smallest absolute Gasteiger partial charge is 0.256 e. The van der Waals surface area contributed by atoms with Gasteiger partial charge >= 0.3 is 0 Å². The van der Waals surface area contributed by atoms with Crippen molar-refractivity contribution in [1.82, 2.24) is 29.7 Å². The summed E-state index contributed by atoms with van der Waals surface area (Å²) >= 11 is 0. The third-order valence-corrected chi connectivity index (χ3v) is 6.00. The average Bonchev–Trinajstić information content (AvgIpc) is 3.25. The second-order valence-corrected chi connectivity index (χ2v) is 8.27. The number of benzene rings is 1. The van der Waals surface area contributed by atoms with Gasteiger partial charge in [-0.05, 0) is 49.6 Å². The number of aryl methyl sites for hydroxylation is 1. The van der Waals surface area contributed by atoms with Crippen LogP contribution in [0.25, 0.3) is 22.3 Å². The Bertz CT molecular complexity index is 1360. The first-order valence-corrected chi connectivity index (χ1v) is 10.9. The molecule has 1 aliphatic heterocycles. The maximum absolute atomic E-state index is 12.7. The van der Waals surface area contributed by atoms with Crippen molar-refractivity contribution in [2.24, 2.45) is 5.29 Å². The van der Waals surface area contributed by atoms with Crippen molar-refractivity contribution < 1.29 is 4.79 Å². The van der Waals surface area contributed by atoms with Gasteiger partial charge in [0.25, 0.3) is 5.91 Å². The number of nitrogens with zero attached hydrogens (tertiary/aromatic N) is 7. The minimum Gasteiger partial charge on any atom is -0.383 e. The molecule has 172 valence electrons. The molecule has 34 heavy (non-hydrogen) atoms. The summed E-state index contributed by atoms with van der Waals surface area (Å²) in [6.45, 7) is 3.06. The van der Waals surface area contributed by atoms with Crippen molar-refractivity contribution >= 4 is 28.6 Å². The number of nitrogens with one attached hydrogen (secondary N) is 1. The van der Waals surface area contributed by atoms with Crippen molar-refractivity contribution in [1.29, 1.82) is 0 Å². The van der Waals surface area contributed by atoms with Gasteiger partial charge in [0.15, 0.2) is 5.65 Å². The number of hydrogen-bond donors (Lipinski definition) is 2. The number of amides is 1. The van der Waals surface area contributed by atoms with Crippen LogP contribution in [0.1, 0.15) is 34.8 Å². The number of carbonyl (C=O) groups excluding carboxylic acids is 1. The lowest BCUT2D eigenvalue weighted by Gasteiger charge is -2.27. The van der Waals surface area contributed by atoms with Gasteiger partial charge in [0, 0.05) is 30.4 Å². The molecule has 0 saturated carbocycles. The van der Waals surface area contributed by atoms with E-state index in [4.69, 9.17) is 10.8 Å². The largest absolute Gasteiger partial charge is 0.383 e. The molecule has 0 atom stereocenters. The highest BCUT2D eigenvalue weighted by atomic mass is 16.3. The molecule has 11 nitrogen and oxygen atoms in total. The van der Waals surface area contributed by atoms with Crippen LogP contribution in [-0.4, -0.2) is 48.7 Å². The Morgan fingerprint density at radius 1 is 1.12 bits per heavy atom. The van der Waals surface area contributed by atoms with E-state index < -0.39 is 0 Å². The van der Waals surface area contributed by atoms with E-state index in [0.717, 1.165) is 24.0 Å². The van der Waals surface area contributed by atoms with Crippen LogP contribution in [0.4, 0.5) is 11.6 Å². The highest BCUT2D eigenvalue weighted by Crippen LogP contribution is 2.34. The summed E-state index contributed by atoms with van der Waals surface area (Å²) in [6, 6.07) is 10.9. The highest BCUT2D eigenvalue weighted by molar-refractivity contribution is 6.04. The Labute approximate surface area is 195 Å². The van der Waals surface area contributed by atoms with Gasteiger partial charge in [0.1, 0.15) is 23.7 Å². The van der Waals surface area contributed by atoms with E-state index in [-0.39, 0.29) is 11.9 Å². The van der Waals surface area contributed by atoms with Gasteiger partial charge in [-0.1, -0.05) is 12.1 Å². The van der Waals surface area contributed by atoms with Crippen LogP contribution in [0.2, 0.25) is 0 Å². The van der Waals surface area contributed by atoms with Gasteiger partial charge in [-0.15, -0.1) is 4.91 Å².